The van der Waals surface area contributed by atoms with Crippen molar-refractivity contribution < 1.29 is 19.0 Å². The van der Waals surface area contributed by atoms with Gasteiger partial charge in [0.15, 0.2) is 0 Å². The van der Waals surface area contributed by atoms with Crippen LogP contribution in [0.15, 0.2) is 42.5 Å². The van der Waals surface area contributed by atoms with Crippen molar-refractivity contribution in [1.82, 2.24) is 0 Å². The molecule has 0 aromatic heterocycles. The number of carboxylic acids is 1. The molecule has 35 heavy (non-hydrogen) atoms. The van der Waals surface area contributed by atoms with E-state index in [1.54, 1.807) is 0 Å². The molecule has 1 aliphatic carbocycles. The van der Waals surface area contributed by atoms with Crippen LogP contribution in [0.5, 0.6) is 5.75 Å². The first-order chi connectivity index (χ1) is 16.9. The summed E-state index contributed by atoms with van der Waals surface area (Å²) < 4.78 is 21.4. The molecule has 2 aromatic carbocycles. The maximum atomic E-state index is 15.7. The van der Waals surface area contributed by atoms with E-state index >= 15 is 4.39 Å². The second-order valence-electron chi connectivity index (χ2n) is 9.89. The second kappa shape index (κ2) is 12.7. The van der Waals surface area contributed by atoms with Gasteiger partial charge in [0, 0.05) is 5.92 Å². The molecule has 0 spiro atoms. The summed E-state index contributed by atoms with van der Waals surface area (Å²) in [6.07, 6.45) is 7.60. The van der Waals surface area contributed by atoms with Crippen LogP contribution in [0.2, 0.25) is 0 Å². The standard InChI is InChI=1S/C30H38FNO3/c1-3-18-35-28-17-16-25(19-26(28)21-32)24-14-12-23(13-15-24)11-10-22(4-2)20-30(31,29(33)34)27-8-6-5-7-9-27/h12-17,19,22,27H,3-11,18,20H2,1-2H3,(H,33,34)/t22?,30-/m0/s1. The number of alkyl halides is 1. The molecular formula is C30H38FNO3. The fourth-order valence-corrected chi connectivity index (χ4v) is 5.23. The Hall–Kier alpha value is -2.87. The fraction of sp³-hybridized carbons (Fsp3) is 0.533. The Bertz CT molecular complexity index is 1010. The van der Waals surface area contributed by atoms with Gasteiger partial charge < -0.3 is 9.84 Å². The van der Waals surface area contributed by atoms with E-state index in [0.717, 1.165) is 61.6 Å². The molecule has 1 aliphatic rings. The van der Waals surface area contributed by atoms with Crippen molar-refractivity contribution in [3.8, 4) is 22.9 Å². The van der Waals surface area contributed by atoms with Gasteiger partial charge in [-0.3, -0.25) is 0 Å². The Morgan fingerprint density at radius 1 is 1.14 bits per heavy atom. The number of halogens is 1. The number of aliphatic carboxylic acids is 1. The zero-order valence-corrected chi connectivity index (χ0v) is 21.1. The van der Waals surface area contributed by atoms with E-state index in [1.807, 2.05) is 44.2 Å². The summed E-state index contributed by atoms with van der Waals surface area (Å²) in [5.41, 5.74) is 1.53. The van der Waals surface area contributed by atoms with Gasteiger partial charge in [0.05, 0.1) is 12.2 Å². The van der Waals surface area contributed by atoms with E-state index in [9.17, 15) is 15.2 Å². The Kier molecular flexibility index (Phi) is 9.72. The Balaban J connectivity index is 1.64. The third-order valence-electron chi connectivity index (χ3n) is 7.46. The van der Waals surface area contributed by atoms with Crippen molar-refractivity contribution in [1.29, 1.82) is 5.26 Å². The molecule has 0 aliphatic heterocycles. The van der Waals surface area contributed by atoms with Crippen LogP contribution in [0.1, 0.15) is 82.8 Å². The normalized spacial score (nSPS) is 16.7. The van der Waals surface area contributed by atoms with Crippen LogP contribution in [0.25, 0.3) is 11.1 Å². The van der Waals surface area contributed by atoms with Crippen LogP contribution in [0, 0.1) is 23.2 Å². The van der Waals surface area contributed by atoms with Crippen LogP contribution < -0.4 is 4.74 Å². The maximum Gasteiger partial charge on any atom is 0.341 e. The number of carbonyl (C=O) groups is 1. The highest BCUT2D eigenvalue weighted by Crippen LogP contribution is 2.41. The number of nitriles is 1. The number of hydrogen-bond acceptors (Lipinski definition) is 3. The molecule has 0 amide bonds. The van der Waals surface area contributed by atoms with Crippen LogP contribution in [-0.2, 0) is 11.2 Å². The lowest BCUT2D eigenvalue weighted by Crippen LogP contribution is -2.44. The van der Waals surface area contributed by atoms with Crippen molar-refractivity contribution in [3.63, 3.8) is 0 Å². The lowest BCUT2D eigenvalue weighted by atomic mass is 9.73. The molecule has 1 saturated carbocycles. The SMILES string of the molecule is CCCOc1ccc(-c2ccc(CCC(CC)C[C@@](F)(C(=O)O)C3CCCCC3)cc2)cc1C#N. The van der Waals surface area contributed by atoms with Crippen molar-refractivity contribution in [2.75, 3.05) is 6.61 Å². The highest BCUT2D eigenvalue weighted by atomic mass is 19.1. The monoisotopic (exact) mass is 479 g/mol. The predicted molar refractivity (Wildman–Crippen MR) is 137 cm³/mol. The highest BCUT2D eigenvalue weighted by Gasteiger charge is 2.47. The van der Waals surface area contributed by atoms with Gasteiger partial charge in [0.1, 0.15) is 11.8 Å². The number of ether oxygens (including phenoxy) is 1. The van der Waals surface area contributed by atoms with Gasteiger partial charge >= 0.3 is 5.97 Å². The summed E-state index contributed by atoms with van der Waals surface area (Å²) in [4.78, 5) is 11.9. The smallest absolute Gasteiger partial charge is 0.341 e. The molecule has 5 heteroatoms. The minimum atomic E-state index is -2.11. The first-order valence-corrected chi connectivity index (χ1v) is 13.1. The highest BCUT2D eigenvalue weighted by molar-refractivity contribution is 5.77. The molecule has 188 valence electrons. The molecule has 0 radical (unpaired) electrons. The van der Waals surface area contributed by atoms with Gasteiger partial charge in [-0.2, -0.15) is 5.26 Å². The number of benzene rings is 2. The zero-order valence-electron chi connectivity index (χ0n) is 21.1. The van der Waals surface area contributed by atoms with E-state index in [-0.39, 0.29) is 18.3 Å². The zero-order chi connectivity index (χ0) is 25.3. The van der Waals surface area contributed by atoms with Crippen molar-refractivity contribution in [3.05, 3.63) is 53.6 Å². The molecule has 2 atom stereocenters. The summed E-state index contributed by atoms with van der Waals surface area (Å²) >= 11 is 0. The number of carboxylic acid groups (broad SMARTS) is 1. The van der Waals surface area contributed by atoms with Crippen molar-refractivity contribution in [2.24, 2.45) is 11.8 Å². The van der Waals surface area contributed by atoms with E-state index in [0.29, 0.717) is 30.8 Å². The Morgan fingerprint density at radius 3 is 2.43 bits per heavy atom. The van der Waals surface area contributed by atoms with Crippen LogP contribution in [0.4, 0.5) is 4.39 Å². The van der Waals surface area contributed by atoms with E-state index in [1.165, 1.54) is 0 Å². The Morgan fingerprint density at radius 2 is 1.83 bits per heavy atom. The fourth-order valence-electron chi connectivity index (χ4n) is 5.23. The van der Waals surface area contributed by atoms with E-state index in [2.05, 4.69) is 18.2 Å². The summed E-state index contributed by atoms with van der Waals surface area (Å²) in [5, 5.41) is 19.2. The summed E-state index contributed by atoms with van der Waals surface area (Å²) in [6.45, 7) is 4.64. The number of aryl methyl sites for hydroxylation is 1. The number of hydrogen-bond donors (Lipinski definition) is 1. The first-order valence-electron chi connectivity index (χ1n) is 13.1. The van der Waals surface area contributed by atoms with Gasteiger partial charge in [-0.05, 0) is 73.3 Å². The molecule has 1 N–H and O–H groups in total. The molecule has 0 bridgehead atoms. The largest absolute Gasteiger partial charge is 0.492 e. The lowest BCUT2D eigenvalue weighted by Gasteiger charge is -2.35. The first kappa shape index (κ1) is 26.7. The third kappa shape index (κ3) is 6.84. The topological polar surface area (TPSA) is 70.3 Å². The minimum absolute atomic E-state index is 0.0338. The second-order valence-corrected chi connectivity index (χ2v) is 9.89. The molecule has 1 unspecified atom stereocenters. The molecule has 0 saturated heterocycles. The average molecular weight is 480 g/mol. The molecular weight excluding hydrogens is 441 g/mol. The van der Waals surface area contributed by atoms with Gasteiger partial charge in [-0.15, -0.1) is 0 Å². The summed E-state index contributed by atoms with van der Waals surface area (Å²) in [6, 6.07) is 16.1. The van der Waals surface area contributed by atoms with Gasteiger partial charge in [-0.25, -0.2) is 9.18 Å². The lowest BCUT2D eigenvalue weighted by molar-refractivity contribution is -0.158. The number of nitrogens with zero attached hydrogens (tertiary/aromatic N) is 1. The van der Waals surface area contributed by atoms with Crippen LogP contribution >= 0.6 is 0 Å². The average Bonchev–Trinajstić information content (AvgIpc) is 2.90. The maximum absolute atomic E-state index is 15.7. The van der Waals surface area contributed by atoms with Gasteiger partial charge in [0.2, 0.25) is 5.67 Å². The molecule has 3 rings (SSSR count). The van der Waals surface area contributed by atoms with Crippen LogP contribution in [0.3, 0.4) is 0 Å². The molecule has 2 aromatic rings. The Labute approximate surface area is 209 Å². The van der Waals surface area contributed by atoms with E-state index < -0.39 is 11.6 Å². The van der Waals surface area contributed by atoms with Crippen LogP contribution in [-0.4, -0.2) is 23.4 Å². The summed E-state index contributed by atoms with van der Waals surface area (Å²) in [7, 11) is 0. The quantitative estimate of drug-likeness (QED) is 0.338. The molecule has 4 nitrogen and oxygen atoms in total. The minimum Gasteiger partial charge on any atom is -0.492 e. The summed E-state index contributed by atoms with van der Waals surface area (Å²) in [5.74, 6) is -1.00. The third-order valence-corrected chi connectivity index (χ3v) is 7.46. The van der Waals surface area contributed by atoms with Gasteiger partial charge in [-0.1, -0.05) is 69.9 Å². The number of rotatable bonds is 12. The van der Waals surface area contributed by atoms with Crippen molar-refractivity contribution in [2.45, 2.75) is 83.7 Å². The molecule has 0 heterocycles. The predicted octanol–water partition coefficient (Wildman–Crippen LogP) is 7.74. The molecule has 1 fully saturated rings. The van der Waals surface area contributed by atoms with E-state index in [4.69, 9.17) is 4.74 Å². The van der Waals surface area contributed by atoms with Gasteiger partial charge in [0.25, 0.3) is 0 Å². The van der Waals surface area contributed by atoms with Crippen molar-refractivity contribution >= 4 is 5.97 Å².